The van der Waals surface area contributed by atoms with E-state index >= 15 is 4.39 Å². The Morgan fingerprint density at radius 2 is 0.933 bits per heavy atom. The van der Waals surface area contributed by atoms with Crippen LogP contribution in [0.5, 0.6) is 34.5 Å². The van der Waals surface area contributed by atoms with E-state index in [0.717, 1.165) is 49.0 Å². The topological polar surface area (TPSA) is 279 Å². The zero-order valence-electron chi connectivity index (χ0n) is 56.9. The summed E-state index contributed by atoms with van der Waals surface area (Å²) in [7, 11) is 1.67. The molecule has 29 heteroatoms. The predicted octanol–water partition coefficient (Wildman–Crippen LogP) is 12.7. The molecule has 0 bridgehead atoms. The monoisotopic (exact) mass is 1490 g/mol. The van der Waals surface area contributed by atoms with Crippen molar-refractivity contribution >= 4 is 145 Å². The van der Waals surface area contributed by atoms with E-state index in [0.29, 0.717) is 116 Å². The molecule has 15 rings (SSSR count). The number of hydrogen-bond acceptors (Lipinski definition) is 18. The molecule has 0 aliphatic carbocycles. The lowest BCUT2D eigenvalue weighted by Crippen LogP contribution is -2.29. The van der Waals surface area contributed by atoms with Gasteiger partial charge < -0.3 is 59.8 Å². The summed E-state index contributed by atoms with van der Waals surface area (Å²) in [6.45, 7) is 8.60. The molecule has 12 heterocycles. The number of aliphatic hydroxyl groups is 2. The number of hydrogen-bond donors (Lipinski definition) is 5. The van der Waals surface area contributed by atoms with Gasteiger partial charge in [-0.05, 0) is 119 Å². The van der Waals surface area contributed by atoms with E-state index in [9.17, 15) is 39.0 Å². The van der Waals surface area contributed by atoms with Crippen LogP contribution in [0, 0.1) is 63.6 Å². The maximum Gasteiger partial charge on any atom is 0.327 e. The van der Waals surface area contributed by atoms with Gasteiger partial charge in [0.1, 0.15) is 28.7 Å². The standard InChI is InChI=1S/C26H24N4O4S.C25H20ClFN4O4S.C25H22N4O4S/c1-4-9-28-26(32)30-16(2)12-17-13-18(5-6-21(17)30)34-22-7-10-27-20-14-23(35-24(20)22)25(31)29-11-8-19(15-29)33-3;1-3-8-29-25(34)31-13(2)21(26)20-16(31)4-5-17(22(20)27)35-18-6-9-28-15-11-19(36-23(15)18)24(33)30-10-7-14(32)12-30;1-3-8-27-25(32)29-15(2)11-16-12-18(4-5-20(16)29)33-21-6-9-26-19-13-22(34-23(19)21)24(31)28-10-7-17(30)14-28/h1,5-7,10,12-14,19H,8-9,11,15H2,2-3H3,(H,28,32);1,4-6,9,11,14,32H,7-8,10,12H2,2H3,(H,29,34);1,4-6,9,11-13,17,30H,7-8,10,14H2,2H3,(H,27,32)/t19-;14-;17-/m101/s1. The molecule has 3 aromatic carbocycles. The van der Waals surface area contributed by atoms with Gasteiger partial charge in [0.15, 0.2) is 11.6 Å². The molecule has 0 unspecified atom stereocenters. The van der Waals surface area contributed by atoms with Crippen molar-refractivity contribution in [2.24, 2.45) is 0 Å². The molecule has 105 heavy (non-hydrogen) atoms. The summed E-state index contributed by atoms with van der Waals surface area (Å²) in [6.07, 6.45) is 21.6. The Morgan fingerprint density at radius 1 is 0.533 bits per heavy atom. The number of β-amino-alcohol motifs (C(OH)–C–C–N with tert-alkyl or cyclic N) is 2. The second kappa shape index (κ2) is 30.9. The Bertz CT molecular complexity index is 5600. The summed E-state index contributed by atoms with van der Waals surface area (Å²) in [6, 6.07) is 27.1. The second-order valence-electron chi connectivity index (χ2n) is 24.8. The Balaban J connectivity index is 0.000000140. The van der Waals surface area contributed by atoms with E-state index in [1.807, 2.05) is 67.3 Å². The molecule has 3 aliphatic heterocycles. The van der Waals surface area contributed by atoms with Gasteiger partial charge in [-0.25, -0.2) is 18.8 Å². The minimum atomic E-state index is -0.729. The largest absolute Gasteiger partial charge is 0.456 e. The van der Waals surface area contributed by atoms with Gasteiger partial charge in [-0.3, -0.25) is 43.0 Å². The number of aromatic nitrogens is 6. The van der Waals surface area contributed by atoms with Gasteiger partial charge in [0.2, 0.25) is 0 Å². The third kappa shape index (κ3) is 14.8. The number of methoxy groups -OCH3 is 1. The fourth-order valence-electron chi connectivity index (χ4n) is 12.8. The van der Waals surface area contributed by atoms with Crippen LogP contribution in [0.3, 0.4) is 0 Å². The number of benzene rings is 3. The van der Waals surface area contributed by atoms with Crippen LogP contribution in [-0.4, -0.2) is 174 Å². The molecule has 24 nitrogen and oxygen atoms in total. The van der Waals surface area contributed by atoms with E-state index in [2.05, 4.69) is 48.7 Å². The number of carbonyl (C=O) groups excluding carboxylic acids is 6. The van der Waals surface area contributed by atoms with Gasteiger partial charge in [0.25, 0.3) is 17.7 Å². The third-order valence-corrected chi connectivity index (χ3v) is 21.7. The highest BCUT2D eigenvalue weighted by Gasteiger charge is 2.32. The minimum Gasteiger partial charge on any atom is -0.456 e. The van der Waals surface area contributed by atoms with Crippen LogP contribution in [0.1, 0.15) is 65.4 Å². The van der Waals surface area contributed by atoms with Gasteiger partial charge in [-0.1, -0.05) is 29.4 Å². The minimum absolute atomic E-state index is 0.0140. The molecule has 3 aliphatic rings. The van der Waals surface area contributed by atoms with Crippen molar-refractivity contribution in [1.29, 1.82) is 0 Å². The van der Waals surface area contributed by atoms with Crippen LogP contribution in [0.25, 0.3) is 63.4 Å². The van der Waals surface area contributed by atoms with Gasteiger partial charge in [-0.2, -0.15) is 0 Å². The number of nitrogens with zero attached hydrogens (tertiary/aromatic N) is 9. The normalized spacial score (nSPS) is 15.5. The van der Waals surface area contributed by atoms with E-state index in [4.69, 9.17) is 49.8 Å². The van der Waals surface area contributed by atoms with Gasteiger partial charge in [0, 0.05) is 111 Å². The predicted molar refractivity (Wildman–Crippen MR) is 401 cm³/mol. The maximum atomic E-state index is 15.6. The summed E-state index contributed by atoms with van der Waals surface area (Å²) in [5.41, 5.74) is 5.63. The number of fused-ring (bicyclic) bond motifs is 6. The summed E-state index contributed by atoms with van der Waals surface area (Å²) in [5.74, 6) is 8.76. The number of nitrogens with one attached hydrogen (secondary N) is 3. The highest BCUT2D eigenvalue weighted by Crippen LogP contribution is 2.43. The van der Waals surface area contributed by atoms with Crippen LogP contribution >= 0.6 is 45.6 Å². The Hall–Kier alpha value is -11.4. The Labute approximate surface area is 616 Å². The van der Waals surface area contributed by atoms with Crippen molar-refractivity contribution in [2.45, 2.75) is 58.3 Å². The summed E-state index contributed by atoms with van der Waals surface area (Å²) in [4.78, 5) is 96.1. The first kappa shape index (κ1) is 72.0. The van der Waals surface area contributed by atoms with Crippen molar-refractivity contribution in [3.8, 4) is 71.5 Å². The molecular formula is C76H66ClFN12O12S3. The molecule has 0 saturated carbocycles. The molecule has 3 fully saturated rings. The number of thiophene rings is 3. The molecule has 3 saturated heterocycles. The maximum absolute atomic E-state index is 15.6. The number of amides is 6. The fraction of sp³-hybridized carbons (Fsp3) is 0.250. The molecule has 0 radical (unpaired) electrons. The molecule has 6 amide bonds. The number of halogens is 2. The van der Waals surface area contributed by atoms with Gasteiger partial charge in [0.05, 0.1) is 110 Å². The summed E-state index contributed by atoms with van der Waals surface area (Å²) >= 11 is 10.3. The number of terminal acetylenes is 3. The highest BCUT2D eigenvalue weighted by atomic mass is 35.5. The number of ether oxygens (including phenoxy) is 4. The average Bonchev–Trinajstić information content (AvgIpc) is 1.42. The van der Waals surface area contributed by atoms with Crippen molar-refractivity contribution in [1.82, 2.24) is 59.3 Å². The molecular weight excluding hydrogens is 1420 g/mol. The van der Waals surface area contributed by atoms with E-state index in [1.165, 1.54) is 50.8 Å². The van der Waals surface area contributed by atoms with Crippen molar-refractivity contribution < 1.29 is 62.3 Å². The number of carbonyl (C=O) groups is 6. The van der Waals surface area contributed by atoms with Crippen LogP contribution in [0.15, 0.2) is 116 Å². The van der Waals surface area contributed by atoms with E-state index < -0.39 is 24.1 Å². The van der Waals surface area contributed by atoms with Crippen molar-refractivity contribution in [3.05, 3.63) is 158 Å². The zero-order chi connectivity index (χ0) is 73.9. The number of aliphatic hydroxyl groups excluding tert-OH is 2. The van der Waals surface area contributed by atoms with Crippen LogP contribution in [0.4, 0.5) is 18.8 Å². The fourth-order valence-corrected chi connectivity index (χ4v) is 16.2. The van der Waals surface area contributed by atoms with Crippen molar-refractivity contribution in [2.75, 3.05) is 66.0 Å². The lowest BCUT2D eigenvalue weighted by molar-refractivity contribution is 0.0727. The number of pyridine rings is 3. The van der Waals surface area contributed by atoms with Gasteiger partial charge in [-0.15, -0.1) is 53.3 Å². The van der Waals surface area contributed by atoms with E-state index in [-0.39, 0.29) is 83.7 Å². The van der Waals surface area contributed by atoms with Crippen LogP contribution in [0.2, 0.25) is 5.02 Å². The second-order valence-corrected chi connectivity index (χ2v) is 28.3. The quantitative estimate of drug-likeness (QED) is 0.0671. The molecule has 9 aromatic heterocycles. The third-order valence-electron chi connectivity index (χ3n) is 17.8. The first-order valence-corrected chi connectivity index (χ1v) is 35.9. The lowest BCUT2D eigenvalue weighted by Gasteiger charge is -2.14. The lowest BCUT2D eigenvalue weighted by atomic mass is 10.2. The smallest absolute Gasteiger partial charge is 0.327 e. The number of aryl methyl sites for hydroxylation is 2. The highest BCUT2D eigenvalue weighted by molar-refractivity contribution is 7.22. The summed E-state index contributed by atoms with van der Waals surface area (Å²) < 4.78 is 45.9. The Kier molecular flexibility index (Phi) is 21.2. The molecule has 5 N–H and O–H groups in total. The van der Waals surface area contributed by atoms with Crippen molar-refractivity contribution in [3.63, 3.8) is 0 Å². The zero-order valence-corrected chi connectivity index (χ0v) is 60.1. The SMILES string of the molecule is C#CCNC(=O)n1c(C)c(Cl)c2c(F)c(Oc3ccnc4cc(C(=O)N5CC[C@H](O)C5)sc34)ccc21.C#CCNC(=O)n1c(C)cc2cc(Oc3ccnc4cc(C(=O)N5CC[C@@H](O)C5)sc34)ccc21.C#CCNC(=O)n1c(C)cc2cc(Oc3ccnc4cc(C(=O)N5CC[C@@H](OC)C5)sc34)ccc21. The van der Waals surface area contributed by atoms with Crippen LogP contribution < -0.4 is 30.2 Å². The van der Waals surface area contributed by atoms with E-state index in [1.54, 1.807) is 87.8 Å². The first-order chi connectivity index (χ1) is 50.7. The number of likely N-dealkylation sites (tertiary alicyclic amines) is 3. The average molecular weight is 1490 g/mol. The number of rotatable bonds is 13. The van der Waals surface area contributed by atoms with Gasteiger partial charge >= 0.3 is 18.1 Å². The molecule has 534 valence electrons. The molecule has 3 atom stereocenters. The molecule has 0 spiro atoms. The summed E-state index contributed by atoms with van der Waals surface area (Å²) in [5, 5.41) is 29.3. The molecule has 12 aromatic rings. The van der Waals surface area contributed by atoms with Crippen LogP contribution in [-0.2, 0) is 4.74 Å². The first-order valence-electron chi connectivity index (χ1n) is 33.1. The Morgan fingerprint density at radius 3 is 1.33 bits per heavy atom.